The second kappa shape index (κ2) is 8.90. The third-order valence-electron chi connectivity index (χ3n) is 6.01. The van der Waals surface area contributed by atoms with Crippen molar-refractivity contribution in [2.75, 3.05) is 11.4 Å². The number of nitrogens with zero attached hydrogens (tertiary/aromatic N) is 2. The molecule has 0 aliphatic carbocycles. The zero-order valence-corrected chi connectivity index (χ0v) is 18.5. The minimum Gasteiger partial charge on any atom is -0.341 e. The summed E-state index contributed by atoms with van der Waals surface area (Å²) in [6, 6.07) is 20.1. The van der Waals surface area contributed by atoms with E-state index in [2.05, 4.69) is 15.3 Å². The first-order chi connectivity index (χ1) is 16.8. The number of hydrogen-bond acceptors (Lipinski definition) is 3. The van der Waals surface area contributed by atoms with Gasteiger partial charge in [0.25, 0.3) is 5.91 Å². The van der Waals surface area contributed by atoms with Crippen LogP contribution in [0.25, 0.3) is 11.0 Å². The van der Waals surface area contributed by atoms with Crippen molar-refractivity contribution in [1.29, 1.82) is 0 Å². The molecule has 1 aliphatic heterocycles. The van der Waals surface area contributed by atoms with E-state index < -0.39 is 18.0 Å². The lowest BCUT2D eigenvalue weighted by atomic mass is 9.97. The molecule has 178 valence electrons. The van der Waals surface area contributed by atoms with Gasteiger partial charge < -0.3 is 15.2 Å². The van der Waals surface area contributed by atoms with Gasteiger partial charge in [0.05, 0.1) is 17.1 Å². The van der Waals surface area contributed by atoms with Gasteiger partial charge in [-0.3, -0.25) is 9.59 Å². The summed E-state index contributed by atoms with van der Waals surface area (Å²) in [6.45, 7) is 0.612. The molecule has 0 saturated carbocycles. The molecule has 0 bridgehead atoms. The van der Waals surface area contributed by atoms with Crippen LogP contribution in [0.5, 0.6) is 0 Å². The highest BCUT2D eigenvalue weighted by molar-refractivity contribution is 5.99. The number of hydrogen-bond donors (Lipinski definition) is 2. The minimum absolute atomic E-state index is 0.0239. The van der Waals surface area contributed by atoms with Gasteiger partial charge in [-0.25, -0.2) is 4.98 Å². The molecule has 0 spiro atoms. The molecular formula is C26H21F3N4O2. The molecule has 1 aliphatic rings. The van der Waals surface area contributed by atoms with Gasteiger partial charge in [0.1, 0.15) is 0 Å². The van der Waals surface area contributed by atoms with Crippen LogP contribution in [-0.2, 0) is 11.0 Å². The highest BCUT2D eigenvalue weighted by Crippen LogP contribution is 2.31. The van der Waals surface area contributed by atoms with Crippen LogP contribution in [0.15, 0.2) is 72.8 Å². The second-order valence-corrected chi connectivity index (χ2v) is 8.38. The average Bonchev–Trinajstić information content (AvgIpc) is 3.48. The summed E-state index contributed by atoms with van der Waals surface area (Å²) in [5.41, 5.74) is 2.81. The Morgan fingerprint density at radius 3 is 2.51 bits per heavy atom. The molecule has 4 aromatic rings. The number of aromatic amines is 1. The number of alkyl halides is 3. The summed E-state index contributed by atoms with van der Waals surface area (Å²) in [5, 5.41) is 3.00. The number of fused-ring (bicyclic) bond motifs is 1. The van der Waals surface area contributed by atoms with Crippen molar-refractivity contribution in [2.45, 2.75) is 25.1 Å². The first-order valence-corrected chi connectivity index (χ1v) is 11.1. The summed E-state index contributed by atoms with van der Waals surface area (Å²) < 4.78 is 39.3. The summed E-state index contributed by atoms with van der Waals surface area (Å²) in [6.07, 6.45) is -3.33. The molecule has 9 heteroatoms. The van der Waals surface area contributed by atoms with Gasteiger partial charge in [-0.05, 0) is 47.9 Å². The van der Waals surface area contributed by atoms with E-state index in [1.807, 2.05) is 30.3 Å². The first-order valence-electron chi connectivity index (χ1n) is 11.1. The van der Waals surface area contributed by atoms with Crippen LogP contribution < -0.4 is 10.2 Å². The fraction of sp³-hybridized carbons (Fsp3) is 0.192. The van der Waals surface area contributed by atoms with Gasteiger partial charge in [0.15, 0.2) is 0 Å². The molecular weight excluding hydrogens is 457 g/mol. The highest BCUT2D eigenvalue weighted by atomic mass is 19.4. The zero-order chi connectivity index (χ0) is 24.6. The van der Waals surface area contributed by atoms with Gasteiger partial charge >= 0.3 is 6.18 Å². The van der Waals surface area contributed by atoms with Crippen LogP contribution in [0.3, 0.4) is 0 Å². The zero-order valence-electron chi connectivity index (χ0n) is 18.5. The molecule has 35 heavy (non-hydrogen) atoms. The molecule has 1 fully saturated rings. The van der Waals surface area contributed by atoms with Crippen LogP contribution in [0.1, 0.15) is 46.2 Å². The Hall–Kier alpha value is -4.14. The molecule has 1 saturated heterocycles. The Morgan fingerprint density at radius 1 is 1.00 bits per heavy atom. The molecule has 2 heterocycles. The Balaban J connectivity index is 1.48. The normalized spacial score (nSPS) is 14.9. The number of benzene rings is 3. The van der Waals surface area contributed by atoms with E-state index in [9.17, 15) is 22.8 Å². The maximum absolute atomic E-state index is 13.3. The van der Waals surface area contributed by atoms with E-state index in [-0.39, 0.29) is 22.8 Å². The fourth-order valence-electron chi connectivity index (χ4n) is 4.30. The molecule has 2 amide bonds. The summed E-state index contributed by atoms with van der Waals surface area (Å²) in [7, 11) is 0. The number of nitrogens with one attached hydrogen (secondary N) is 2. The molecule has 1 unspecified atom stereocenters. The number of amides is 2. The molecule has 2 N–H and O–H groups in total. The fourth-order valence-corrected chi connectivity index (χ4v) is 4.30. The largest absolute Gasteiger partial charge is 0.449 e. The number of H-pyrrole nitrogens is 1. The van der Waals surface area contributed by atoms with Gasteiger partial charge in [-0.15, -0.1) is 0 Å². The Bertz CT molecular complexity index is 1400. The number of carbonyl (C=O) groups excluding carboxylic acids is 2. The Labute approximate surface area is 198 Å². The highest BCUT2D eigenvalue weighted by Gasteiger charge is 2.35. The predicted octanol–water partition coefficient (Wildman–Crippen LogP) is 5.23. The van der Waals surface area contributed by atoms with E-state index in [4.69, 9.17) is 0 Å². The third-order valence-corrected chi connectivity index (χ3v) is 6.01. The van der Waals surface area contributed by atoms with Crippen molar-refractivity contribution < 1.29 is 22.8 Å². The number of rotatable bonds is 5. The van der Waals surface area contributed by atoms with Gasteiger partial charge in [0, 0.05) is 24.2 Å². The standard InChI is InChI=1S/C26H21F3N4O2/c27-26(28,29)25-30-20-12-11-17(15-21(20)31-25)23(16-6-2-1-3-7-16)32-24(35)18-8-4-9-19(14-18)33-13-5-10-22(33)34/h1-4,6-9,11-12,14-15,23H,5,10,13H2,(H,30,31)(H,32,35). The third kappa shape index (κ3) is 4.62. The van der Waals surface area contributed by atoms with Gasteiger partial charge in [-0.1, -0.05) is 42.5 Å². The SMILES string of the molecule is O=C(NC(c1ccccc1)c1ccc2nc(C(F)(F)F)[nH]c2c1)c1cccc(N2CCCC2=O)c1. The summed E-state index contributed by atoms with van der Waals surface area (Å²) in [4.78, 5) is 33.0. The van der Waals surface area contributed by atoms with Crippen LogP contribution >= 0.6 is 0 Å². The predicted molar refractivity (Wildman–Crippen MR) is 125 cm³/mol. The molecule has 0 radical (unpaired) electrons. The van der Waals surface area contributed by atoms with E-state index >= 15 is 0 Å². The van der Waals surface area contributed by atoms with Crippen LogP contribution in [0, 0.1) is 0 Å². The van der Waals surface area contributed by atoms with E-state index in [1.165, 1.54) is 6.07 Å². The van der Waals surface area contributed by atoms with Gasteiger partial charge in [0.2, 0.25) is 11.7 Å². The smallest absolute Gasteiger partial charge is 0.341 e. The molecule has 5 rings (SSSR count). The Kier molecular flexibility index (Phi) is 5.76. The number of aromatic nitrogens is 2. The summed E-state index contributed by atoms with van der Waals surface area (Å²) in [5.74, 6) is -1.41. The Morgan fingerprint density at radius 2 is 1.80 bits per heavy atom. The van der Waals surface area contributed by atoms with Crippen LogP contribution in [0.2, 0.25) is 0 Å². The number of imidazole rings is 1. The van der Waals surface area contributed by atoms with Crippen LogP contribution in [-0.4, -0.2) is 28.3 Å². The lowest BCUT2D eigenvalue weighted by Crippen LogP contribution is -2.30. The summed E-state index contributed by atoms with van der Waals surface area (Å²) >= 11 is 0. The van der Waals surface area contributed by atoms with E-state index in [0.717, 1.165) is 12.0 Å². The minimum atomic E-state index is -4.59. The van der Waals surface area contributed by atoms with Crippen molar-refractivity contribution in [2.24, 2.45) is 0 Å². The van der Waals surface area contributed by atoms with Crippen molar-refractivity contribution in [3.63, 3.8) is 0 Å². The van der Waals surface area contributed by atoms with E-state index in [0.29, 0.717) is 29.8 Å². The molecule has 3 aromatic carbocycles. The quantitative estimate of drug-likeness (QED) is 0.413. The van der Waals surface area contributed by atoms with Gasteiger partial charge in [-0.2, -0.15) is 13.2 Å². The molecule has 6 nitrogen and oxygen atoms in total. The van der Waals surface area contributed by atoms with Crippen molar-refractivity contribution >= 4 is 28.5 Å². The number of halogens is 3. The van der Waals surface area contributed by atoms with Crippen LogP contribution in [0.4, 0.5) is 18.9 Å². The maximum atomic E-state index is 13.3. The second-order valence-electron chi connectivity index (χ2n) is 8.38. The first kappa shape index (κ1) is 22.6. The maximum Gasteiger partial charge on any atom is 0.449 e. The average molecular weight is 478 g/mol. The van der Waals surface area contributed by atoms with Crippen molar-refractivity contribution in [1.82, 2.24) is 15.3 Å². The lowest BCUT2D eigenvalue weighted by Gasteiger charge is -2.21. The molecule has 1 atom stereocenters. The number of anilines is 1. The molecule has 1 aromatic heterocycles. The monoisotopic (exact) mass is 478 g/mol. The van der Waals surface area contributed by atoms with Crippen molar-refractivity contribution in [3.05, 3.63) is 95.3 Å². The van der Waals surface area contributed by atoms with E-state index in [1.54, 1.807) is 41.3 Å². The lowest BCUT2D eigenvalue weighted by molar-refractivity contribution is -0.144. The number of carbonyl (C=O) groups is 2. The van der Waals surface area contributed by atoms with Crippen molar-refractivity contribution in [3.8, 4) is 0 Å². The topological polar surface area (TPSA) is 78.1 Å².